The molecule has 4 rings (SSSR count). The zero-order chi connectivity index (χ0) is 16.4. The van der Waals surface area contributed by atoms with Gasteiger partial charge in [0.1, 0.15) is 6.04 Å². The van der Waals surface area contributed by atoms with Crippen molar-refractivity contribution in [2.75, 3.05) is 12.3 Å². The minimum atomic E-state index is -0.265. The van der Waals surface area contributed by atoms with Gasteiger partial charge in [0, 0.05) is 34.6 Å². The number of rotatable bonds is 4. The van der Waals surface area contributed by atoms with E-state index < -0.39 is 0 Å². The second-order valence-electron chi connectivity index (χ2n) is 6.34. The third-order valence-corrected chi connectivity index (χ3v) is 5.81. The van der Waals surface area contributed by atoms with Crippen LogP contribution in [0.15, 0.2) is 63.1 Å². The van der Waals surface area contributed by atoms with E-state index in [4.69, 9.17) is 0 Å². The summed E-state index contributed by atoms with van der Waals surface area (Å²) in [5, 5.41) is 0. The maximum Gasteiger partial charge on any atom is 0.184 e. The molecule has 122 valence electrons. The smallest absolute Gasteiger partial charge is 0.184 e. The molecule has 0 fully saturated rings. The average Bonchev–Trinajstić information content (AvgIpc) is 3.03. The third-order valence-electron chi connectivity index (χ3n) is 4.72. The Labute approximate surface area is 146 Å². The molecule has 1 aliphatic carbocycles. The molecule has 2 aliphatic heterocycles. The summed E-state index contributed by atoms with van der Waals surface area (Å²) in [6, 6.07) is 10.1. The van der Waals surface area contributed by atoms with Crippen LogP contribution in [0.4, 0.5) is 0 Å². The van der Waals surface area contributed by atoms with E-state index in [-0.39, 0.29) is 11.8 Å². The Hall–Kier alpha value is -1.94. The predicted molar refractivity (Wildman–Crippen MR) is 101 cm³/mol. The molecule has 0 N–H and O–H groups in total. The first kappa shape index (κ1) is 15.6. The van der Waals surface area contributed by atoms with E-state index in [2.05, 4.69) is 40.3 Å². The second-order valence-corrected chi connectivity index (χ2v) is 7.37. The third kappa shape index (κ3) is 3.03. The van der Waals surface area contributed by atoms with Crippen molar-refractivity contribution in [1.82, 2.24) is 0 Å². The number of aliphatic imine (C=N–C) groups is 2. The molecule has 1 atom stereocenters. The molecule has 1 aromatic carbocycles. The zero-order valence-electron chi connectivity index (χ0n) is 13.6. The van der Waals surface area contributed by atoms with E-state index in [0.29, 0.717) is 6.54 Å². The van der Waals surface area contributed by atoms with Crippen molar-refractivity contribution < 1.29 is 4.79 Å². The van der Waals surface area contributed by atoms with Crippen molar-refractivity contribution in [3.05, 3.63) is 58.7 Å². The van der Waals surface area contributed by atoms with Gasteiger partial charge in [0.15, 0.2) is 5.78 Å². The van der Waals surface area contributed by atoms with Gasteiger partial charge in [0.05, 0.1) is 6.54 Å². The number of carbonyl (C=O) groups excluding carboxylic acids is 1. The average molecular weight is 336 g/mol. The Morgan fingerprint density at radius 1 is 1.17 bits per heavy atom. The van der Waals surface area contributed by atoms with Crippen molar-refractivity contribution in [3.63, 3.8) is 0 Å². The summed E-state index contributed by atoms with van der Waals surface area (Å²) < 4.78 is 0. The molecular formula is C20H20N2OS. The van der Waals surface area contributed by atoms with Crippen molar-refractivity contribution in [3.8, 4) is 0 Å². The summed E-state index contributed by atoms with van der Waals surface area (Å²) in [5.41, 5.74) is 5.73. The number of ketones is 1. The lowest BCUT2D eigenvalue weighted by atomic mass is 9.83. The minimum absolute atomic E-state index is 0.210. The summed E-state index contributed by atoms with van der Waals surface area (Å²) >= 11 is 1.78. The lowest BCUT2D eigenvalue weighted by Gasteiger charge is -2.22. The van der Waals surface area contributed by atoms with Gasteiger partial charge in [-0.05, 0) is 36.5 Å². The van der Waals surface area contributed by atoms with Crippen LogP contribution >= 0.6 is 11.8 Å². The summed E-state index contributed by atoms with van der Waals surface area (Å²) in [7, 11) is 0. The Morgan fingerprint density at radius 3 is 2.92 bits per heavy atom. The number of allylic oxidation sites excluding steroid dienone is 1. The number of carbonyl (C=O) groups is 1. The quantitative estimate of drug-likeness (QED) is 0.839. The molecule has 3 nitrogen and oxygen atoms in total. The topological polar surface area (TPSA) is 41.8 Å². The van der Waals surface area contributed by atoms with Gasteiger partial charge in [-0.2, -0.15) is 11.8 Å². The van der Waals surface area contributed by atoms with Crippen molar-refractivity contribution in [2.45, 2.75) is 31.1 Å². The largest absolute Gasteiger partial charge is 0.292 e. The highest BCUT2D eigenvalue weighted by Gasteiger charge is 2.32. The highest BCUT2D eigenvalue weighted by atomic mass is 32.2. The van der Waals surface area contributed by atoms with E-state index in [1.165, 1.54) is 11.1 Å². The molecule has 0 aromatic heterocycles. The molecule has 0 saturated carbocycles. The van der Waals surface area contributed by atoms with E-state index in [1.807, 2.05) is 12.3 Å². The van der Waals surface area contributed by atoms with Crippen LogP contribution in [0.25, 0.3) is 0 Å². The second kappa shape index (κ2) is 6.89. The molecule has 24 heavy (non-hydrogen) atoms. The Bertz CT molecular complexity index is 774. The minimum Gasteiger partial charge on any atom is -0.292 e. The molecule has 1 aromatic rings. The molecule has 0 bridgehead atoms. The fourth-order valence-electron chi connectivity index (χ4n) is 3.52. The fourth-order valence-corrected chi connectivity index (χ4v) is 4.53. The molecule has 0 saturated heterocycles. The van der Waals surface area contributed by atoms with Crippen LogP contribution in [-0.4, -0.2) is 36.0 Å². The maximum absolute atomic E-state index is 13.0. The van der Waals surface area contributed by atoms with Crippen LogP contribution in [0.3, 0.4) is 0 Å². The van der Waals surface area contributed by atoms with Crippen LogP contribution in [0.1, 0.15) is 24.8 Å². The summed E-state index contributed by atoms with van der Waals surface area (Å²) in [5.74, 6) is 1.86. The van der Waals surface area contributed by atoms with Gasteiger partial charge >= 0.3 is 0 Å². The van der Waals surface area contributed by atoms with E-state index >= 15 is 0 Å². The monoisotopic (exact) mass is 336 g/mol. The van der Waals surface area contributed by atoms with E-state index in [0.717, 1.165) is 47.6 Å². The Kier molecular flexibility index (Phi) is 4.48. The van der Waals surface area contributed by atoms with Gasteiger partial charge < -0.3 is 0 Å². The summed E-state index contributed by atoms with van der Waals surface area (Å²) in [4.78, 5) is 22.2. The van der Waals surface area contributed by atoms with Gasteiger partial charge in [-0.1, -0.05) is 30.3 Å². The summed E-state index contributed by atoms with van der Waals surface area (Å²) in [6.07, 6.45) is 6.79. The summed E-state index contributed by atoms with van der Waals surface area (Å²) in [6.45, 7) is 0.709. The number of benzene rings is 1. The molecule has 1 unspecified atom stereocenters. The van der Waals surface area contributed by atoms with Gasteiger partial charge in [0.25, 0.3) is 0 Å². The zero-order valence-corrected chi connectivity index (χ0v) is 14.4. The van der Waals surface area contributed by atoms with Crippen LogP contribution in [0, 0.1) is 0 Å². The molecule has 2 heterocycles. The van der Waals surface area contributed by atoms with Crippen molar-refractivity contribution in [1.29, 1.82) is 0 Å². The first-order chi connectivity index (χ1) is 11.8. The SMILES string of the molecule is O=C1C2=C3C(=NC/C3=C/C=NC1CSCc1ccccc1)CCC2. The van der Waals surface area contributed by atoms with Crippen LogP contribution in [0.5, 0.6) is 0 Å². The van der Waals surface area contributed by atoms with Gasteiger partial charge in [-0.15, -0.1) is 0 Å². The molecule has 0 amide bonds. The van der Waals surface area contributed by atoms with Crippen LogP contribution in [0.2, 0.25) is 0 Å². The van der Waals surface area contributed by atoms with Gasteiger partial charge in [0.2, 0.25) is 0 Å². The van der Waals surface area contributed by atoms with E-state index in [9.17, 15) is 4.79 Å². The molecule has 0 radical (unpaired) electrons. The first-order valence-corrected chi connectivity index (χ1v) is 9.64. The van der Waals surface area contributed by atoms with E-state index in [1.54, 1.807) is 11.8 Å². The number of Topliss-reactive ketones (excluding diaryl/α,β-unsaturated/α-hetero) is 1. The number of nitrogens with zero attached hydrogens (tertiary/aromatic N) is 2. The normalized spacial score (nSPS) is 24.8. The molecule has 0 spiro atoms. The lowest BCUT2D eigenvalue weighted by molar-refractivity contribution is -0.116. The molecule has 4 heteroatoms. The van der Waals surface area contributed by atoms with Gasteiger partial charge in [-0.3, -0.25) is 14.8 Å². The molecule has 3 aliphatic rings. The number of hydrogen-bond donors (Lipinski definition) is 0. The standard InChI is InChI=1S/C20H20N2OS/c23-20-16-7-4-8-17-19(16)15(11-22-17)9-10-21-18(20)13-24-12-14-5-2-1-3-6-14/h1-3,5-6,9-10,18H,4,7-8,11-13H2/b15-9-,21-10?. The Morgan fingerprint density at radius 2 is 2.04 bits per heavy atom. The molecular weight excluding hydrogens is 316 g/mol. The number of thioether (sulfide) groups is 1. The maximum atomic E-state index is 13.0. The van der Waals surface area contributed by atoms with Crippen molar-refractivity contribution >= 4 is 29.5 Å². The predicted octanol–water partition coefficient (Wildman–Crippen LogP) is 3.80. The first-order valence-electron chi connectivity index (χ1n) is 8.48. The highest BCUT2D eigenvalue weighted by Crippen LogP contribution is 2.34. The van der Waals surface area contributed by atoms with Crippen molar-refractivity contribution in [2.24, 2.45) is 9.98 Å². The van der Waals surface area contributed by atoms with Crippen LogP contribution < -0.4 is 0 Å². The highest BCUT2D eigenvalue weighted by molar-refractivity contribution is 7.98. The van der Waals surface area contributed by atoms with Gasteiger partial charge in [-0.25, -0.2) is 0 Å². The fraction of sp³-hybridized carbons (Fsp3) is 0.350. The lowest BCUT2D eigenvalue weighted by Crippen LogP contribution is -2.28. The number of hydrogen-bond acceptors (Lipinski definition) is 4. The Balaban J connectivity index is 1.51. The van der Waals surface area contributed by atoms with Crippen LogP contribution in [-0.2, 0) is 10.5 Å².